The zero-order chi connectivity index (χ0) is 16.9. The van der Waals surface area contributed by atoms with E-state index in [1.165, 1.54) is 11.3 Å². The molecule has 0 aliphatic heterocycles. The summed E-state index contributed by atoms with van der Waals surface area (Å²) in [7, 11) is -3.31. The van der Waals surface area contributed by atoms with Gasteiger partial charge in [-0.05, 0) is 18.6 Å². The second-order valence-electron chi connectivity index (χ2n) is 4.83. The summed E-state index contributed by atoms with van der Waals surface area (Å²) in [6.45, 7) is -0.523. The number of sulfonamides is 1. The fraction of sp³-hybridized carbons (Fsp3) is 0.286. The van der Waals surface area contributed by atoms with Crippen LogP contribution in [0.5, 0.6) is 0 Å². The van der Waals surface area contributed by atoms with E-state index < -0.39 is 16.7 Å². The average molecular weight is 357 g/mol. The molecule has 0 unspecified atom stereocenters. The van der Waals surface area contributed by atoms with Gasteiger partial charge in [0.2, 0.25) is 15.9 Å². The summed E-state index contributed by atoms with van der Waals surface area (Å²) in [6, 6.07) is 6.74. The highest BCUT2D eigenvalue weighted by molar-refractivity contribution is 7.92. The number of carbonyl (C=O) groups is 1. The van der Waals surface area contributed by atoms with E-state index in [1.807, 2.05) is 0 Å². The SMILES string of the molecule is CS(=O)(=O)Nc1ccc(-c2csc(NC(=O)CCCF)n2)cc1. The maximum absolute atomic E-state index is 12.0. The Morgan fingerprint density at radius 1 is 1.30 bits per heavy atom. The molecular weight excluding hydrogens is 341 g/mol. The van der Waals surface area contributed by atoms with Crippen molar-refractivity contribution in [2.75, 3.05) is 23.0 Å². The predicted molar refractivity (Wildman–Crippen MR) is 89.9 cm³/mol. The monoisotopic (exact) mass is 357 g/mol. The lowest BCUT2D eigenvalue weighted by atomic mass is 10.1. The summed E-state index contributed by atoms with van der Waals surface area (Å²) >= 11 is 1.27. The van der Waals surface area contributed by atoms with Crippen molar-refractivity contribution in [3.05, 3.63) is 29.6 Å². The molecule has 0 aliphatic carbocycles. The number of anilines is 2. The van der Waals surface area contributed by atoms with E-state index in [0.717, 1.165) is 11.8 Å². The van der Waals surface area contributed by atoms with Crippen LogP contribution >= 0.6 is 11.3 Å². The molecule has 0 saturated heterocycles. The van der Waals surface area contributed by atoms with Crippen LogP contribution in [0, 0.1) is 0 Å². The molecule has 2 N–H and O–H groups in total. The Kier molecular flexibility index (Phi) is 5.67. The summed E-state index contributed by atoms with van der Waals surface area (Å²) in [5.74, 6) is -0.267. The van der Waals surface area contributed by atoms with Gasteiger partial charge in [-0.2, -0.15) is 0 Å². The van der Waals surface area contributed by atoms with E-state index in [9.17, 15) is 17.6 Å². The maximum atomic E-state index is 12.0. The fourth-order valence-electron chi connectivity index (χ4n) is 1.80. The van der Waals surface area contributed by atoms with Gasteiger partial charge >= 0.3 is 0 Å². The van der Waals surface area contributed by atoms with Crippen LogP contribution < -0.4 is 10.0 Å². The summed E-state index contributed by atoms with van der Waals surface area (Å²) in [4.78, 5) is 15.8. The topological polar surface area (TPSA) is 88.2 Å². The van der Waals surface area contributed by atoms with Crippen molar-refractivity contribution in [3.63, 3.8) is 0 Å². The second-order valence-corrected chi connectivity index (χ2v) is 7.44. The van der Waals surface area contributed by atoms with Gasteiger partial charge in [0.1, 0.15) is 0 Å². The van der Waals surface area contributed by atoms with Crippen LogP contribution in [-0.2, 0) is 14.8 Å². The minimum absolute atomic E-state index is 0.122. The Hall–Kier alpha value is -2.00. The third-order valence-electron chi connectivity index (χ3n) is 2.77. The first-order chi connectivity index (χ1) is 10.9. The second kappa shape index (κ2) is 7.51. The minimum atomic E-state index is -3.31. The molecule has 2 aromatic rings. The van der Waals surface area contributed by atoms with Crippen molar-refractivity contribution < 1.29 is 17.6 Å². The van der Waals surface area contributed by atoms with Crippen LogP contribution in [-0.4, -0.2) is 32.2 Å². The Balaban J connectivity index is 2.04. The first-order valence-corrected chi connectivity index (χ1v) is 9.54. The molecule has 1 amide bonds. The van der Waals surface area contributed by atoms with Gasteiger partial charge in [-0.15, -0.1) is 11.3 Å². The van der Waals surface area contributed by atoms with Crippen LogP contribution in [0.15, 0.2) is 29.6 Å². The van der Waals surface area contributed by atoms with Crippen molar-refractivity contribution in [3.8, 4) is 11.3 Å². The highest BCUT2D eigenvalue weighted by Gasteiger charge is 2.08. The number of aromatic nitrogens is 1. The Morgan fingerprint density at radius 2 is 2.00 bits per heavy atom. The lowest BCUT2D eigenvalue weighted by molar-refractivity contribution is -0.116. The number of nitrogens with zero attached hydrogens (tertiary/aromatic N) is 1. The molecule has 9 heteroatoms. The number of benzene rings is 1. The van der Waals surface area contributed by atoms with Gasteiger partial charge < -0.3 is 5.32 Å². The number of alkyl halides is 1. The van der Waals surface area contributed by atoms with Crippen molar-refractivity contribution in [2.24, 2.45) is 0 Å². The Bertz CT molecular complexity index is 773. The molecule has 1 aromatic carbocycles. The number of hydrogen-bond donors (Lipinski definition) is 2. The zero-order valence-corrected chi connectivity index (χ0v) is 14.0. The summed E-state index contributed by atoms with van der Waals surface area (Å²) < 4.78 is 36.7. The van der Waals surface area contributed by atoms with Gasteiger partial charge in [0.15, 0.2) is 5.13 Å². The lowest BCUT2D eigenvalue weighted by Gasteiger charge is -2.04. The quantitative estimate of drug-likeness (QED) is 0.797. The standard InChI is InChI=1S/C14H16FN3O3S2/c1-23(20,21)18-11-6-4-10(5-7-11)12-9-22-14(16-12)17-13(19)3-2-8-15/h4-7,9,18H,2-3,8H2,1H3,(H,16,17,19). The number of amides is 1. The average Bonchev–Trinajstić information content (AvgIpc) is 2.92. The zero-order valence-electron chi connectivity index (χ0n) is 12.4. The van der Waals surface area contributed by atoms with Gasteiger partial charge in [0.25, 0.3) is 0 Å². The largest absolute Gasteiger partial charge is 0.302 e. The van der Waals surface area contributed by atoms with E-state index in [0.29, 0.717) is 16.5 Å². The normalized spacial score (nSPS) is 11.2. The van der Waals surface area contributed by atoms with Gasteiger partial charge in [-0.3, -0.25) is 13.9 Å². The number of thiazole rings is 1. The van der Waals surface area contributed by atoms with Crippen LogP contribution in [0.1, 0.15) is 12.8 Å². The summed E-state index contributed by atoms with van der Waals surface area (Å²) in [5.41, 5.74) is 1.93. The molecule has 6 nitrogen and oxygen atoms in total. The van der Waals surface area contributed by atoms with Gasteiger partial charge in [0.05, 0.1) is 18.6 Å². The molecular formula is C14H16FN3O3S2. The van der Waals surface area contributed by atoms with Gasteiger partial charge in [-0.1, -0.05) is 12.1 Å². The summed E-state index contributed by atoms with van der Waals surface area (Å²) in [6.07, 6.45) is 1.40. The molecule has 0 spiro atoms. The van der Waals surface area contributed by atoms with E-state index in [2.05, 4.69) is 15.0 Å². The molecule has 1 heterocycles. The van der Waals surface area contributed by atoms with Crippen molar-refractivity contribution in [1.29, 1.82) is 0 Å². The molecule has 124 valence electrons. The third-order valence-corrected chi connectivity index (χ3v) is 4.14. The van der Waals surface area contributed by atoms with E-state index in [4.69, 9.17) is 0 Å². The van der Waals surface area contributed by atoms with Gasteiger partial charge in [-0.25, -0.2) is 13.4 Å². The minimum Gasteiger partial charge on any atom is -0.302 e. The number of carbonyl (C=O) groups excluding carboxylic acids is 1. The molecule has 0 fully saturated rings. The van der Waals surface area contributed by atoms with Crippen molar-refractivity contribution in [1.82, 2.24) is 4.98 Å². The summed E-state index contributed by atoms with van der Waals surface area (Å²) in [5, 5.41) is 4.85. The van der Waals surface area contributed by atoms with Gasteiger partial charge in [0, 0.05) is 23.1 Å². The van der Waals surface area contributed by atoms with Crippen LogP contribution in [0.25, 0.3) is 11.3 Å². The molecule has 2 rings (SSSR count). The van der Waals surface area contributed by atoms with Crippen LogP contribution in [0.3, 0.4) is 0 Å². The molecule has 0 aliphatic rings. The highest BCUT2D eigenvalue weighted by Crippen LogP contribution is 2.26. The maximum Gasteiger partial charge on any atom is 0.229 e. The lowest BCUT2D eigenvalue weighted by Crippen LogP contribution is -2.11. The molecule has 0 atom stereocenters. The number of nitrogens with one attached hydrogen (secondary N) is 2. The number of rotatable bonds is 7. The fourth-order valence-corrected chi connectivity index (χ4v) is 3.10. The van der Waals surface area contributed by atoms with Crippen molar-refractivity contribution in [2.45, 2.75) is 12.8 Å². The molecule has 1 aromatic heterocycles. The molecule has 0 bridgehead atoms. The van der Waals surface area contributed by atoms with Crippen molar-refractivity contribution >= 4 is 38.1 Å². The van der Waals surface area contributed by atoms with E-state index >= 15 is 0 Å². The van der Waals surface area contributed by atoms with E-state index in [-0.39, 0.29) is 18.7 Å². The first kappa shape index (κ1) is 17.4. The first-order valence-electron chi connectivity index (χ1n) is 6.77. The molecule has 0 saturated carbocycles. The predicted octanol–water partition coefficient (Wildman–Crippen LogP) is 2.87. The Labute approximate surface area is 137 Å². The number of hydrogen-bond acceptors (Lipinski definition) is 5. The molecule has 0 radical (unpaired) electrons. The van der Waals surface area contributed by atoms with E-state index in [1.54, 1.807) is 29.6 Å². The highest BCUT2D eigenvalue weighted by atomic mass is 32.2. The third kappa shape index (κ3) is 5.61. The molecule has 23 heavy (non-hydrogen) atoms. The Morgan fingerprint density at radius 3 is 2.61 bits per heavy atom. The van der Waals surface area contributed by atoms with Crippen LogP contribution in [0.2, 0.25) is 0 Å². The number of halogens is 1. The van der Waals surface area contributed by atoms with Crippen LogP contribution in [0.4, 0.5) is 15.2 Å². The smallest absolute Gasteiger partial charge is 0.229 e.